The molecule has 0 bridgehead atoms. The summed E-state index contributed by atoms with van der Waals surface area (Å²) in [5.41, 5.74) is 2.39. The van der Waals surface area contributed by atoms with Crippen LogP contribution in [-0.2, 0) is 4.74 Å². The Morgan fingerprint density at radius 2 is 1.89 bits per heavy atom. The molecule has 0 saturated carbocycles. The monoisotopic (exact) mass is 270 g/mol. The van der Waals surface area contributed by atoms with Gasteiger partial charge >= 0.3 is 6.01 Å². The summed E-state index contributed by atoms with van der Waals surface area (Å²) in [4.78, 5) is 12.3. The van der Waals surface area contributed by atoms with Gasteiger partial charge in [-0.2, -0.15) is 15.0 Å². The van der Waals surface area contributed by atoms with E-state index in [1.54, 1.807) is 7.11 Å². The Bertz CT molecular complexity index is 387. The molecular formula is C11H22N6O2. The summed E-state index contributed by atoms with van der Waals surface area (Å²) in [6.07, 6.45) is 0.854. The van der Waals surface area contributed by atoms with Gasteiger partial charge in [0, 0.05) is 7.11 Å². The van der Waals surface area contributed by atoms with Crippen molar-refractivity contribution in [2.75, 3.05) is 24.5 Å². The fourth-order valence-electron chi connectivity index (χ4n) is 1.39. The van der Waals surface area contributed by atoms with Crippen molar-refractivity contribution in [2.45, 2.75) is 39.3 Å². The van der Waals surface area contributed by atoms with E-state index in [1.807, 2.05) is 20.8 Å². The van der Waals surface area contributed by atoms with Crippen molar-refractivity contribution >= 4 is 11.9 Å². The lowest BCUT2D eigenvalue weighted by Crippen LogP contribution is -2.26. The third kappa shape index (κ3) is 5.23. The van der Waals surface area contributed by atoms with Crippen molar-refractivity contribution in [1.29, 1.82) is 0 Å². The quantitative estimate of drug-likeness (QED) is 0.470. The predicted octanol–water partition coefficient (Wildman–Crippen LogP) is 0.781. The average molecular weight is 270 g/mol. The molecule has 0 aromatic carbocycles. The molecule has 1 heterocycles. The Balaban J connectivity index is 2.86. The van der Waals surface area contributed by atoms with E-state index in [1.165, 1.54) is 0 Å². The van der Waals surface area contributed by atoms with Crippen molar-refractivity contribution in [1.82, 2.24) is 15.0 Å². The Morgan fingerprint density at radius 3 is 2.42 bits per heavy atom. The highest BCUT2D eigenvalue weighted by Gasteiger charge is 2.12. The summed E-state index contributed by atoms with van der Waals surface area (Å²) in [6, 6.07) is 0.345. The first-order valence-electron chi connectivity index (χ1n) is 6.23. The molecule has 0 aliphatic carbocycles. The Hall–Kier alpha value is -1.67. The number of methoxy groups -OCH3 is 1. The molecule has 0 amide bonds. The lowest BCUT2D eigenvalue weighted by molar-refractivity contribution is 0.184. The molecule has 8 heteroatoms. The van der Waals surface area contributed by atoms with Crippen LogP contribution in [0.4, 0.5) is 11.9 Å². The third-order valence-electron chi connectivity index (χ3n) is 2.28. The summed E-state index contributed by atoms with van der Waals surface area (Å²) in [7, 11) is 1.65. The smallest absolute Gasteiger partial charge is 0.323 e. The molecule has 1 aromatic rings. The van der Waals surface area contributed by atoms with E-state index in [9.17, 15) is 0 Å². The lowest BCUT2D eigenvalue weighted by atomic mass is 10.2. The summed E-state index contributed by atoms with van der Waals surface area (Å²) >= 11 is 0. The Kier molecular flexibility index (Phi) is 6.23. The fourth-order valence-corrected chi connectivity index (χ4v) is 1.39. The minimum absolute atomic E-state index is 0.0261. The zero-order valence-corrected chi connectivity index (χ0v) is 11.8. The molecule has 0 aliphatic rings. The maximum Gasteiger partial charge on any atom is 0.323 e. The maximum atomic E-state index is 5.44. The van der Waals surface area contributed by atoms with Crippen molar-refractivity contribution in [3.63, 3.8) is 0 Å². The predicted molar refractivity (Wildman–Crippen MR) is 73.0 cm³/mol. The number of nitrogens with zero attached hydrogens (tertiary/aromatic N) is 3. The highest BCUT2D eigenvalue weighted by molar-refractivity contribution is 5.35. The van der Waals surface area contributed by atoms with Crippen LogP contribution >= 0.6 is 0 Å². The van der Waals surface area contributed by atoms with Crippen molar-refractivity contribution in [3.8, 4) is 6.01 Å². The standard InChI is InChI=1S/C11H22N6O2/c1-5-8(6-18-4)13-9-14-10(17-12)16-11(15-9)19-7(2)3/h7-8H,5-6,12H2,1-4H3,(H2,13,14,15,16,17). The normalized spacial score (nSPS) is 12.3. The second-order valence-electron chi connectivity index (χ2n) is 4.28. The van der Waals surface area contributed by atoms with Gasteiger partial charge in [-0.3, -0.25) is 5.43 Å². The van der Waals surface area contributed by atoms with Gasteiger partial charge in [-0.05, 0) is 20.3 Å². The molecule has 4 N–H and O–H groups in total. The van der Waals surface area contributed by atoms with Crippen LogP contribution in [-0.4, -0.2) is 40.8 Å². The zero-order chi connectivity index (χ0) is 14.3. The Labute approximate surface area is 113 Å². The van der Waals surface area contributed by atoms with Gasteiger partial charge in [-0.25, -0.2) is 5.84 Å². The van der Waals surface area contributed by atoms with Crippen LogP contribution < -0.4 is 21.3 Å². The van der Waals surface area contributed by atoms with Crippen LogP contribution in [0.2, 0.25) is 0 Å². The van der Waals surface area contributed by atoms with E-state index in [2.05, 4.69) is 25.7 Å². The number of anilines is 2. The number of hydrogen-bond acceptors (Lipinski definition) is 8. The first-order valence-corrected chi connectivity index (χ1v) is 6.23. The molecular weight excluding hydrogens is 248 g/mol. The van der Waals surface area contributed by atoms with Gasteiger partial charge in [0.25, 0.3) is 0 Å². The van der Waals surface area contributed by atoms with E-state index >= 15 is 0 Å². The number of ether oxygens (including phenoxy) is 2. The van der Waals surface area contributed by atoms with Gasteiger partial charge in [0.2, 0.25) is 11.9 Å². The number of nitrogens with one attached hydrogen (secondary N) is 2. The highest BCUT2D eigenvalue weighted by Crippen LogP contribution is 2.13. The van der Waals surface area contributed by atoms with E-state index in [4.69, 9.17) is 15.3 Å². The van der Waals surface area contributed by atoms with Gasteiger partial charge in [-0.1, -0.05) is 6.92 Å². The van der Waals surface area contributed by atoms with E-state index in [0.29, 0.717) is 12.6 Å². The number of hydrazine groups is 1. The molecule has 0 radical (unpaired) electrons. The Morgan fingerprint density at radius 1 is 1.21 bits per heavy atom. The molecule has 8 nitrogen and oxygen atoms in total. The summed E-state index contributed by atoms with van der Waals surface area (Å²) in [5, 5.41) is 3.16. The molecule has 19 heavy (non-hydrogen) atoms. The summed E-state index contributed by atoms with van der Waals surface area (Å²) in [5.74, 6) is 5.99. The summed E-state index contributed by atoms with van der Waals surface area (Å²) < 4.78 is 10.6. The van der Waals surface area contributed by atoms with Gasteiger partial charge in [0.05, 0.1) is 18.8 Å². The van der Waals surface area contributed by atoms with Gasteiger partial charge in [0.15, 0.2) is 0 Å². The number of nitrogen functional groups attached to an aromatic ring is 1. The van der Waals surface area contributed by atoms with E-state index in [0.717, 1.165) is 6.42 Å². The molecule has 1 atom stereocenters. The number of nitrogens with two attached hydrogens (primary N) is 1. The van der Waals surface area contributed by atoms with Crippen LogP contribution in [0.3, 0.4) is 0 Å². The van der Waals surface area contributed by atoms with Gasteiger partial charge in [0.1, 0.15) is 0 Å². The lowest BCUT2D eigenvalue weighted by Gasteiger charge is -2.17. The zero-order valence-electron chi connectivity index (χ0n) is 11.8. The largest absolute Gasteiger partial charge is 0.461 e. The first-order chi connectivity index (χ1) is 9.08. The highest BCUT2D eigenvalue weighted by atomic mass is 16.5. The molecule has 0 saturated heterocycles. The van der Waals surface area contributed by atoms with E-state index < -0.39 is 0 Å². The van der Waals surface area contributed by atoms with Crippen LogP contribution in [0.15, 0.2) is 0 Å². The molecule has 0 spiro atoms. The molecule has 1 unspecified atom stereocenters. The van der Waals surface area contributed by atoms with Crippen molar-refractivity contribution in [2.24, 2.45) is 5.84 Å². The topological polar surface area (TPSA) is 107 Å². The molecule has 0 aliphatic heterocycles. The van der Waals surface area contributed by atoms with Crippen LogP contribution in [0.1, 0.15) is 27.2 Å². The SMILES string of the molecule is CCC(COC)Nc1nc(NN)nc(OC(C)C)n1. The third-order valence-corrected chi connectivity index (χ3v) is 2.28. The summed E-state index contributed by atoms with van der Waals surface area (Å²) in [6.45, 7) is 6.40. The van der Waals surface area contributed by atoms with Crippen molar-refractivity contribution in [3.05, 3.63) is 0 Å². The second-order valence-corrected chi connectivity index (χ2v) is 4.28. The van der Waals surface area contributed by atoms with Gasteiger partial charge in [-0.15, -0.1) is 0 Å². The average Bonchev–Trinajstić information content (AvgIpc) is 2.37. The second kappa shape index (κ2) is 7.70. The first kappa shape index (κ1) is 15.4. The van der Waals surface area contributed by atoms with Gasteiger partial charge < -0.3 is 14.8 Å². The van der Waals surface area contributed by atoms with Crippen molar-refractivity contribution < 1.29 is 9.47 Å². The molecule has 1 rings (SSSR count). The van der Waals surface area contributed by atoms with E-state index in [-0.39, 0.29) is 24.1 Å². The molecule has 1 aromatic heterocycles. The number of aromatic nitrogens is 3. The number of hydrogen-bond donors (Lipinski definition) is 3. The fraction of sp³-hybridized carbons (Fsp3) is 0.727. The minimum atomic E-state index is -0.0261. The van der Waals surface area contributed by atoms with Crippen LogP contribution in [0.25, 0.3) is 0 Å². The molecule has 108 valence electrons. The van der Waals surface area contributed by atoms with Crippen LogP contribution in [0, 0.1) is 0 Å². The minimum Gasteiger partial charge on any atom is -0.461 e. The molecule has 0 fully saturated rings. The number of rotatable bonds is 8. The maximum absolute atomic E-state index is 5.44. The van der Waals surface area contributed by atoms with Crippen LogP contribution in [0.5, 0.6) is 6.01 Å².